The van der Waals surface area contributed by atoms with E-state index in [9.17, 15) is 9.18 Å². The lowest BCUT2D eigenvalue weighted by molar-refractivity contribution is 0.0257. The minimum Gasteiger partial charge on any atom is -0.460 e. The zero-order valence-corrected chi connectivity index (χ0v) is 11.1. The number of nitrogens with two attached hydrogens (primary N) is 1. The summed E-state index contributed by atoms with van der Waals surface area (Å²) in [7, 11) is 0. The van der Waals surface area contributed by atoms with Gasteiger partial charge in [-0.1, -0.05) is 0 Å². The molecule has 0 amide bonds. The molecule has 0 unspecified atom stereocenters. The predicted octanol–water partition coefficient (Wildman–Crippen LogP) is 1.34. The second kappa shape index (κ2) is 7.30. The quantitative estimate of drug-likeness (QED) is 0.469. The first-order valence-corrected chi connectivity index (χ1v) is 5.95. The summed E-state index contributed by atoms with van der Waals surface area (Å²) in [4.78, 5) is 11.6. The lowest BCUT2D eigenvalue weighted by Gasteiger charge is -2.08. The smallest absolute Gasteiger partial charge is 0.339 e. The van der Waals surface area contributed by atoms with Crippen molar-refractivity contribution < 1.29 is 23.8 Å². The van der Waals surface area contributed by atoms with Crippen molar-refractivity contribution in [2.24, 2.45) is 0 Å². The molecule has 0 aliphatic rings. The third-order valence-electron chi connectivity index (χ3n) is 2.00. The van der Waals surface area contributed by atoms with Crippen LogP contribution >= 0.6 is 15.9 Å². The van der Waals surface area contributed by atoms with Crippen molar-refractivity contribution in [2.75, 3.05) is 32.2 Å². The number of anilines is 1. The van der Waals surface area contributed by atoms with Crippen LogP contribution in [-0.4, -0.2) is 37.5 Å². The van der Waals surface area contributed by atoms with E-state index in [1.54, 1.807) is 0 Å². The Morgan fingerprint density at radius 3 is 2.78 bits per heavy atom. The first-order valence-electron chi connectivity index (χ1n) is 5.16. The molecular weight excluding hydrogens is 309 g/mol. The second-order valence-electron chi connectivity index (χ2n) is 3.33. The van der Waals surface area contributed by atoms with Crippen LogP contribution < -0.4 is 5.73 Å². The highest BCUT2D eigenvalue weighted by atomic mass is 79.9. The maximum atomic E-state index is 13.1. The molecule has 0 aromatic heterocycles. The summed E-state index contributed by atoms with van der Waals surface area (Å²) in [6.07, 6.45) is 0. The number of aliphatic hydroxyl groups excluding tert-OH is 1. The molecule has 0 bridgehead atoms. The Balaban J connectivity index is 2.54. The first-order chi connectivity index (χ1) is 8.56. The van der Waals surface area contributed by atoms with Crippen LogP contribution in [0.2, 0.25) is 0 Å². The van der Waals surface area contributed by atoms with Gasteiger partial charge in [-0.2, -0.15) is 0 Å². The molecule has 0 heterocycles. The van der Waals surface area contributed by atoms with Crippen LogP contribution in [0.5, 0.6) is 0 Å². The Labute approximate surface area is 112 Å². The number of carbonyl (C=O) groups is 1. The SMILES string of the molecule is Nc1cc(C(=O)OCCOCCO)c(Br)cc1F. The minimum absolute atomic E-state index is 0.0442. The molecule has 0 saturated heterocycles. The number of hydrogen-bond acceptors (Lipinski definition) is 5. The van der Waals surface area contributed by atoms with E-state index >= 15 is 0 Å². The normalized spacial score (nSPS) is 10.4. The van der Waals surface area contributed by atoms with Crippen molar-refractivity contribution in [3.05, 3.63) is 28.0 Å². The molecule has 18 heavy (non-hydrogen) atoms. The van der Waals surface area contributed by atoms with Crippen LogP contribution in [-0.2, 0) is 9.47 Å². The Morgan fingerprint density at radius 1 is 1.39 bits per heavy atom. The summed E-state index contributed by atoms with van der Waals surface area (Å²) in [5, 5.41) is 8.46. The van der Waals surface area contributed by atoms with Crippen LogP contribution in [0.15, 0.2) is 16.6 Å². The van der Waals surface area contributed by atoms with Gasteiger partial charge in [0.25, 0.3) is 0 Å². The number of rotatable bonds is 6. The summed E-state index contributed by atoms with van der Waals surface area (Å²) >= 11 is 3.06. The summed E-state index contributed by atoms with van der Waals surface area (Å²) in [5.41, 5.74) is 5.39. The maximum Gasteiger partial charge on any atom is 0.339 e. The molecule has 0 fully saturated rings. The van der Waals surface area contributed by atoms with E-state index in [0.29, 0.717) is 0 Å². The average molecular weight is 322 g/mol. The van der Waals surface area contributed by atoms with Gasteiger partial charge in [0.1, 0.15) is 12.4 Å². The van der Waals surface area contributed by atoms with Crippen molar-refractivity contribution in [2.45, 2.75) is 0 Å². The van der Waals surface area contributed by atoms with E-state index in [0.717, 1.165) is 6.07 Å². The van der Waals surface area contributed by atoms with Crippen LogP contribution in [0.25, 0.3) is 0 Å². The molecule has 1 aromatic rings. The van der Waals surface area contributed by atoms with E-state index in [1.165, 1.54) is 6.07 Å². The van der Waals surface area contributed by atoms with Crippen LogP contribution in [0.4, 0.5) is 10.1 Å². The highest BCUT2D eigenvalue weighted by Crippen LogP contribution is 2.23. The van der Waals surface area contributed by atoms with Crippen LogP contribution in [0, 0.1) is 5.82 Å². The highest BCUT2D eigenvalue weighted by molar-refractivity contribution is 9.10. The van der Waals surface area contributed by atoms with Gasteiger partial charge in [-0.25, -0.2) is 9.18 Å². The van der Waals surface area contributed by atoms with Gasteiger partial charge in [-0.05, 0) is 28.1 Å². The molecule has 3 N–H and O–H groups in total. The molecule has 0 spiro atoms. The van der Waals surface area contributed by atoms with E-state index in [1.807, 2.05) is 0 Å². The third kappa shape index (κ3) is 4.25. The molecule has 0 radical (unpaired) electrons. The third-order valence-corrected chi connectivity index (χ3v) is 2.66. The van der Waals surface area contributed by atoms with E-state index in [4.69, 9.17) is 20.3 Å². The van der Waals surface area contributed by atoms with Crippen molar-refractivity contribution in [1.29, 1.82) is 0 Å². The molecule has 1 aromatic carbocycles. The van der Waals surface area contributed by atoms with Crippen LogP contribution in [0.3, 0.4) is 0 Å². The topological polar surface area (TPSA) is 81.8 Å². The van der Waals surface area contributed by atoms with Gasteiger partial charge >= 0.3 is 5.97 Å². The molecule has 0 saturated carbocycles. The van der Waals surface area contributed by atoms with Gasteiger partial charge in [-0.3, -0.25) is 0 Å². The number of ether oxygens (including phenoxy) is 2. The second-order valence-corrected chi connectivity index (χ2v) is 4.18. The zero-order chi connectivity index (χ0) is 13.5. The Hall–Kier alpha value is -1.18. The monoisotopic (exact) mass is 321 g/mol. The summed E-state index contributed by atoms with van der Waals surface area (Å²) < 4.78 is 23.2. The summed E-state index contributed by atoms with van der Waals surface area (Å²) in [5.74, 6) is -1.23. The number of hydrogen-bond donors (Lipinski definition) is 2. The number of nitrogen functional groups attached to an aromatic ring is 1. The van der Waals surface area contributed by atoms with Gasteiger partial charge in [0.2, 0.25) is 0 Å². The highest BCUT2D eigenvalue weighted by Gasteiger charge is 2.14. The van der Waals surface area contributed by atoms with Crippen molar-refractivity contribution in [3.8, 4) is 0 Å². The van der Waals surface area contributed by atoms with Crippen molar-refractivity contribution in [3.63, 3.8) is 0 Å². The number of benzene rings is 1. The first kappa shape index (κ1) is 14.9. The molecule has 0 atom stereocenters. The summed E-state index contributed by atoms with van der Waals surface area (Å²) in [6.45, 7) is 0.321. The predicted molar refractivity (Wildman–Crippen MR) is 66.7 cm³/mol. The van der Waals surface area contributed by atoms with Gasteiger partial charge in [0.15, 0.2) is 0 Å². The fourth-order valence-corrected chi connectivity index (χ4v) is 1.64. The molecule has 1 rings (SSSR count). The summed E-state index contributed by atoms with van der Waals surface area (Å²) in [6, 6.07) is 2.31. The average Bonchev–Trinajstić information content (AvgIpc) is 2.33. The molecule has 0 aliphatic heterocycles. The van der Waals surface area contributed by atoms with Gasteiger partial charge in [0.05, 0.1) is 31.1 Å². The van der Waals surface area contributed by atoms with Crippen LogP contribution in [0.1, 0.15) is 10.4 Å². The lowest BCUT2D eigenvalue weighted by Crippen LogP contribution is -2.13. The number of carbonyl (C=O) groups excluding carboxylic acids is 1. The van der Waals surface area contributed by atoms with Gasteiger partial charge in [0, 0.05) is 4.47 Å². The van der Waals surface area contributed by atoms with Crippen molar-refractivity contribution in [1.82, 2.24) is 0 Å². The minimum atomic E-state index is -0.624. The Kier molecular flexibility index (Phi) is 6.03. The molecule has 100 valence electrons. The number of aliphatic hydroxyl groups is 1. The maximum absolute atomic E-state index is 13.1. The standard InChI is InChI=1S/C11H13BrFNO4/c12-8-6-9(13)10(14)5-7(8)11(16)18-4-3-17-2-1-15/h5-6,15H,1-4,14H2. The van der Waals surface area contributed by atoms with Crippen molar-refractivity contribution >= 4 is 27.6 Å². The molecule has 5 nitrogen and oxygen atoms in total. The molecule has 7 heteroatoms. The lowest BCUT2D eigenvalue weighted by atomic mass is 10.2. The van der Waals surface area contributed by atoms with Gasteiger partial charge in [-0.15, -0.1) is 0 Å². The van der Waals surface area contributed by atoms with E-state index in [2.05, 4.69) is 15.9 Å². The molecule has 0 aliphatic carbocycles. The fraction of sp³-hybridized carbons (Fsp3) is 0.364. The zero-order valence-electron chi connectivity index (χ0n) is 9.49. The van der Waals surface area contributed by atoms with E-state index in [-0.39, 0.29) is 42.2 Å². The van der Waals surface area contributed by atoms with Gasteiger partial charge < -0.3 is 20.3 Å². The largest absolute Gasteiger partial charge is 0.460 e. The van der Waals surface area contributed by atoms with E-state index < -0.39 is 11.8 Å². The Bertz CT molecular complexity index is 428. The fourth-order valence-electron chi connectivity index (χ4n) is 1.16. The number of esters is 1. The molecular formula is C11H13BrFNO4. The number of halogens is 2. The Morgan fingerprint density at radius 2 is 2.11 bits per heavy atom.